The second-order valence-corrected chi connectivity index (χ2v) is 7.22. The Morgan fingerprint density at radius 2 is 1.57 bits per heavy atom. The van der Waals surface area contributed by atoms with Crippen LogP contribution >= 0.6 is 0 Å². The van der Waals surface area contributed by atoms with Crippen molar-refractivity contribution in [3.8, 4) is 17.4 Å². The average Bonchev–Trinajstić information content (AvgIpc) is 2.70. The van der Waals surface area contributed by atoms with E-state index in [0.717, 1.165) is 17.2 Å². The van der Waals surface area contributed by atoms with Crippen molar-refractivity contribution in [2.45, 2.75) is 32.8 Å². The maximum atomic E-state index is 5.97. The Labute approximate surface area is 167 Å². The van der Waals surface area contributed by atoms with Gasteiger partial charge >= 0.3 is 0 Å². The summed E-state index contributed by atoms with van der Waals surface area (Å²) < 4.78 is 17.3. The number of nitrogens with zero attached hydrogens (tertiary/aromatic N) is 1. The number of pyridine rings is 1. The Balaban J connectivity index is 1.55. The van der Waals surface area contributed by atoms with Crippen molar-refractivity contribution in [3.05, 3.63) is 84.1 Å². The summed E-state index contributed by atoms with van der Waals surface area (Å²) in [5, 5.41) is 0. The van der Waals surface area contributed by atoms with E-state index in [1.807, 2.05) is 67.6 Å². The fourth-order valence-electron chi connectivity index (χ4n) is 2.87. The molecule has 3 rings (SSSR count). The highest BCUT2D eigenvalue weighted by Gasteiger charge is 2.21. The van der Waals surface area contributed by atoms with Gasteiger partial charge in [-0.3, -0.25) is 0 Å². The van der Waals surface area contributed by atoms with Crippen LogP contribution in [0.15, 0.2) is 72.8 Å². The fraction of sp³-hybridized carbons (Fsp3) is 0.292. The van der Waals surface area contributed by atoms with Crippen molar-refractivity contribution < 1.29 is 14.2 Å². The summed E-state index contributed by atoms with van der Waals surface area (Å²) >= 11 is 0. The van der Waals surface area contributed by atoms with E-state index in [2.05, 4.69) is 31.0 Å². The molecule has 0 radical (unpaired) electrons. The van der Waals surface area contributed by atoms with Crippen LogP contribution in [0.3, 0.4) is 0 Å². The highest BCUT2D eigenvalue weighted by Crippen LogP contribution is 2.26. The molecule has 0 aliphatic rings. The van der Waals surface area contributed by atoms with Gasteiger partial charge in [-0.05, 0) is 42.8 Å². The van der Waals surface area contributed by atoms with E-state index in [9.17, 15) is 0 Å². The van der Waals surface area contributed by atoms with E-state index < -0.39 is 0 Å². The summed E-state index contributed by atoms with van der Waals surface area (Å²) in [4.78, 5) is 4.53. The molecule has 4 nitrogen and oxygen atoms in total. The lowest BCUT2D eigenvalue weighted by Crippen LogP contribution is -2.24. The van der Waals surface area contributed by atoms with Gasteiger partial charge in [-0.1, -0.05) is 50.2 Å². The standard InChI is InChI=1S/C24H27NO3/c1-4-27-21-15-13-19(14-16-21)24(2,3)18-26-17-20-9-8-12-23(25-20)28-22-10-6-5-7-11-22/h5-16H,4,17-18H2,1-3H3. The van der Waals surface area contributed by atoms with Gasteiger partial charge in [-0.15, -0.1) is 0 Å². The molecule has 0 saturated heterocycles. The van der Waals surface area contributed by atoms with E-state index >= 15 is 0 Å². The van der Waals surface area contributed by atoms with Crippen LogP contribution in [0.1, 0.15) is 32.0 Å². The molecule has 146 valence electrons. The second-order valence-electron chi connectivity index (χ2n) is 7.22. The molecule has 0 bridgehead atoms. The quantitative estimate of drug-likeness (QED) is 0.475. The summed E-state index contributed by atoms with van der Waals surface area (Å²) in [6.45, 7) is 8.03. The van der Waals surface area contributed by atoms with Gasteiger partial charge in [0.05, 0.1) is 25.5 Å². The number of aromatic nitrogens is 1. The SMILES string of the molecule is CCOc1ccc(C(C)(C)COCc2cccc(Oc3ccccc3)n2)cc1. The van der Waals surface area contributed by atoms with Crippen molar-refractivity contribution in [1.29, 1.82) is 0 Å². The molecule has 0 N–H and O–H groups in total. The van der Waals surface area contributed by atoms with Gasteiger partial charge in [0.15, 0.2) is 0 Å². The molecule has 28 heavy (non-hydrogen) atoms. The zero-order valence-corrected chi connectivity index (χ0v) is 16.7. The monoisotopic (exact) mass is 377 g/mol. The van der Waals surface area contributed by atoms with E-state index in [-0.39, 0.29) is 5.41 Å². The second kappa shape index (κ2) is 9.38. The largest absolute Gasteiger partial charge is 0.494 e. The number of hydrogen-bond donors (Lipinski definition) is 0. The Morgan fingerprint density at radius 1 is 0.821 bits per heavy atom. The highest BCUT2D eigenvalue weighted by atomic mass is 16.5. The number of para-hydroxylation sites is 1. The van der Waals surface area contributed by atoms with Crippen molar-refractivity contribution in [2.24, 2.45) is 0 Å². The molecule has 2 aromatic carbocycles. The van der Waals surface area contributed by atoms with Crippen LogP contribution < -0.4 is 9.47 Å². The van der Waals surface area contributed by atoms with Crippen LogP contribution in [0.2, 0.25) is 0 Å². The normalized spacial score (nSPS) is 11.2. The first kappa shape index (κ1) is 19.9. The van der Waals surface area contributed by atoms with E-state index in [1.165, 1.54) is 5.56 Å². The number of hydrogen-bond acceptors (Lipinski definition) is 4. The minimum atomic E-state index is -0.108. The molecule has 1 aromatic heterocycles. The van der Waals surface area contributed by atoms with Crippen molar-refractivity contribution >= 4 is 0 Å². The zero-order valence-electron chi connectivity index (χ0n) is 16.7. The highest BCUT2D eigenvalue weighted by molar-refractivity contribution is 5.32. The first-order valence-electron chi connectivity index (χ1n) is 9.57. The van der Waals surface area contributed by atoms with Crippen LogP contribution in [0.5, 0.6) is 17.4 Å². The molecule has 0 amide bonds. The minimum Gasteiger partial charge on any atom is -0.494 e. The van der Waals surface area contributed by atoms with Gasteiger partial charge in [0.1, 0.15) is 11.5 Å². The number of ether oxygens (including phenoxy) is 3. The van der Waals surface area contributed by atoms with Crippen LogP contribution in [0, 0.1) is 0 Å². The maximum Gasteiger partial charge on any atom is 0.219 e. The summed E-state index contributed by atoms with van der Waals surface area (Å²) in [6, 6.07) is 23.6. The molecule has 4 heteroatoms. The third-order valence-electron chi connectivity index (χ3n) is 4.41. The van der Waals surface area contributed by atoms with E-state index in [0.29, 0.717) is 25.7 Å². The molecule has 3 aromatic rings. The molecular weight excluding hydrogens is 350 g/mol. The molecule has 0 aliphatic heterocycles. The molecule has 0 unspecified atom stereocenters. The van der Waals surface area contributed by atoms with Crippen molar-refractivity contribution in [2.75, 3.05) is 13.2 Å². The first-order valence-corrected chi connectivity index (χ1v) is 9.57. The average molecular weight is 377 g/mol. The van der Waals surface area contributed by atoms with Crippen molar-refractivity contribution in [3.63, 3.8) is 0 Å². The van der Waals surface area contributed by atoms with Crippen LogP contribution in [-0.2, 0) is 16.8 Å². The molecule has 0 spiro atoms. The topological polar surface area (TPSA) is 40.6 Å². The predicted octanol–water partition coefficient (Wildman–Crippen LogP) is 5.77. The van der Waals surface area contributed by atoms with Gasteiger partial charge in [0.25, 0.3) is 0 Å². The molecule has 1 heterocycles. The van der Waals surface area contributed by atoms with Gasteiger partial charge in [0, 0.05) is 11.5 Å². The molecule has 0 aliphatic carbocycles. The molecule has 0 fully saturated rings. The summed E-state index contributed by atoms with van der Waals surface area (Å²) in [5.41, 5.74) is 1.95. The predicted molar refractivity (Wildman–Crippen MR) is 111 cm³/mol. The minimum absolute atomic E-state index is 0.108. The van der Waals surface area contributed by atoms with Gasteiger partial charge < -0.3 is 14.2 Å². The Hall–Kier alpha value is -2.85. The van der Waals surface area contributed by atoms with Crippen LogP contribution in [-0.4, -0.2) is 18.2 Å². The Morgan fingerprint density at radius 3 is 2.29 bits per heavy atom. The first-order chi connectivity index (χ1) is 13.6. The van der Waals surface area contributed by atoms with Gasteiger partial charge in [-0.25, -0.2) is 4.98 Å². The molecule has 0 atom stereocenters. The van der Waals surface area contributed by atoms with Gasteiger partial charge in [0.2, 0.25) is 5.88 Å². The number of rotatable bonds is 9. The number of benzene rings is 2. The zero-order chi connectivity index (χ0) is 19.8. The lowest BCUT2D eigenvalue weighted by molar-refractivity contribution is 0.0801. The molecular formula is C24H27NO3. The Kier molecular flexibility index (Phi) is 6.66. The van der Waals surface area contributed by atoms with Gasteiger partial charge in [-0.2, -0.15) is 0 Å². The fourth-order valence-corrected chi connectivity index (χ4v) is 2.87. The summed E-state index contributed by atoms with van der Waals surface area (Å²) in [5.74, 6) is 2.23. The van der Waals surface area contributed by atoms with Crippen LogP contribution in [0.4, 0.5) is 0 Å². The summed E-state index contributed by atoms with van der Waals surface area (Å²) in [6.07, 6.45) is 0. The van der Waals surface area contributed by atoms with Crippen molar-refractivity contribution in [1.82, 2.24) is 4.98 Å². The molecule has 0 saturated carbocycles. The lowest BCUT2D eigenvalue weighted by atomic mass is 9.85. The Bertz CT molecular complexity index is 861. The van der Waals surface area contributed by atoms with E-state index in [1.54, 1.807) is 0 Å². The van der Waals surface area contributed by atoms with E-state index in [4.69, 9.17) is 14.2 Å². The van der Waals surface area contributed by atoms with Crippen LogP contribution in [0.25, 0.3) is 0 Å². The lowest BCUT2D eigenvalue weighted by Gasteiger charge is -2.25. The third-order valence-corrected chi connectivity index (χ3v) is 4.41. The smallest absolute Gasteiger partial charge is 0.219 e. The summed E-state index contributed by atoms with van der Waals surface area (Å²) in [7, 11) is 0. The maximum absolute atomic E-state index is 5.97. The third kappa shape index (κ3) is 5.57.